The van der Waals surface area contributed by atoms with Gasteiger partial charge in [-0.3, -0.25) is 0 Å². The molecule has 0 saturated carbocycles. The predicted octanol–water partition coefficient (Wildman–Crippen LogP) is 3.86. The van der Waals surface area contributed by atoms with E-state index in [1.165, 1.54) is 16.0 Å². The number of nitrogens with two attached hydrogens (primary N) is 1. The summed E-state index contributed by atoms with van der Waals surface area (Å²) in [6.07, 6.45) is 1.04. The van der Waals surface area contributed by atoms with Crippen LogP contribution in [0.4, 0.5) is 0 Å². The molecule has 0 aliphatic rings. The first kappa shape index (κ1) is 18.8. The van der Waals surface area contributed by atoms with Gasteiger partial charge in [-0.15, -0.1) is 35.3 Å². The number of guanidine groups is 1. The van der Waals surface area contributed by atoms with Crippen molar-refractivity contribution in [3.05, 3.63) is 40.6 Å². The number of rotatable bonds is 6. The van der Waals surface area contributed by atoms with E-state index in [0.717, 1.165) is 18.7 Å². The molecular formula is C16H22IN3OS. The first-order valence-electron chi connectivity index (χ1n) is 6.98. The Labute approximate surface area is 152 Å². The van der Waals surface area contributed by atoms with Gasteiger partial charge in [0.05, 0.1) is 13.7 Å². The number of nitrogens with one attached hydrogen (secondary N) is 1. The van der Waals surface area contributed by atoms with Gasteiger partial charge in [-0.1, -0.05) is 19.1 Å². The van der Waals surface area contributed by atoms with E-state index in [9.17, 15) is 0 Å². The van der Waals surface area contributed by atoms with E-state index in [0.29, 0.717) is 12.5 Å². The van der Waals surface area contributed by atoms with Gasteiger partial charge in [-0.05, 0) is 41.1 Å². The molecule has 0 amide bonds. The highest BCUT2D eigenvalue weighted by atomic mass is 127. The normalized spacial score (nSPS) is 10.9. The Morgan fingerprint density at radius 1 is 1.27 bits per heavy atom. The van der Waals surface area contributed by atoms with E-state index in [1.54, 1.807) is 18.4 Å². The second kappa shape index (κ2) is 9.68. The zero-order chi connectivity index (χ0) is 15.1. The van der Waals surface area contributed by atoms with Gasteiger partial charge in [0.2, 0.25) is 0 Å². The molecule has 0 aliphatic heterocycles. The van der Waals surface area contributed by atoms with Crippen LogP contribution in [-0.4, -0.2) is 19.6 Å². The average molecular weight is 431 g/mol. The van der Waals surface area contributed by atoms with Crippen LogP contribution in [0.15, 0.2) is 40.7 Å². The maximum atomic E-state index is 5.79. The van der Waals surface area contributed by atoms with Gasteiger partial charge in [0.15, 0.2) is 5.96 Å². The molecule has 3 N–H and O–H groups in total. The molecule has 0 saturated heterocycles. The van der Waals surface area contributed by atoms with Gasteiger partial charge in [-0.25, -0.2) is 4.99 Å². The third-order valence-corrected chi connectivity index (χ3v) is 3.96. The van der Waals surface area contributed by atoms with Crippen LogP contribution in [0.25, 0.3) is 11.1 Å². The van der Waals surface area contributed by atoms with Gasteiger partial charge in [0.25, 0.3) is 0 Å². The zero-order valence-electron chi connectivity index (χ0n) is 12.8. The lowest BCUT2D eigenvalue weighted by molar-refractivity contribution is 0.415. The molecule has 2 rings (SSSR count). The highest BCUT2D eigenvalue weighted by molar-refractivity contribution is 14.0. The van der Waals surface area contributed by atoms with Crippen LogP contribution in [0, 0.1) is 0 Å². The smallest absolute Gasteiger partial charge is 0.188 e. The number of aliphatic imine (C=N–C) groups is 1. The molecule has 0 fully saturated rings. The van der Waals surface area contributed by atoms with Crippen molar-refractivity contribution in [3.63, 3.8) is 0 Å². The summed E-state index contributed by atoms with van der Waals surface area (Å²) >= 11 is 1.70. The third kappa shape index (κ3) is 5.49. The molecule has 0 unspecified atom stereocenters. The number of thiophene rings is 1. The van der Waals surface area contributed by atoms with Gasteiger partial charge in [-0.2, -0.15) is 0 Å². The van der Waals surface area contributed by atoms with Crippen LogP contribution in [0.5, 0.6) is 5.75 Å². The summed E-state index contributed by atoms with van der Waals surface area (Å²) in [4.78, 5) is 5.54. The Morgan fingerprint density at radius 3 is 2.64 bits per heavy atom. The largest absolute Gasteiger partial charge is 0.497 e. The molecule has 0 radical (unpaired) electrons. The van der Waals surface area contributed by atoms with E-state index in [2.05, 4.69) is 40.8 Å². The number of hydrogen-bond donors (Lipinski definition) is 2. The standard InChI is InChI=1S/C16H21N3OS.HI/c1-3-8-18-16(17)19-10-15-9-13(11-21-15)12-4-6-14(20-2)7-5-12;/h4-7,9,11H,3,8,10H2,1-2H3,(H3,17,18,19);1H. The summed E-state index contributed by atoms with van der Waals surface area (Å²) in [6.45, 7) is 3.57. The van der Waals surface area contributed by atoms with Crippen molar-refractivity contribution in [1.82, 2.24) is 5.32 Å². The number of methoxy groups -OCH3 is 1. The lowest BCUT2D eigenvalue weighted by Crippen LogP contribution is -2.32. The molecule has 1 aromatic heterocycles. The minimum Gasteiger partial charge on any atom is -0.497 e. The second-order valence-electron chi connectivity index (χ2n) is 4.66. The van der Waals surface area contributed by atoms with E-state index >= 15 is 0 Å². The first-order chi connectivity index (χ1) is 10.2. The lowest BCUT2D eigenvalue weighted by atomic mass is 10.1. The summed E-state index contributed by atoms with van der Waals surface area (Å²) in [5.74, 6) is 1.38. The fourth-order valence-electron chi connectivity index (χ4n) is 1.87. The van der Waals surface area contributed by atoms with Crippen molar-refractivity contribution in [2.45, 2.75) is 19.9 Å². The van der Waals surface area contributed by atoms with Crippen molar-refractivity contribution in [2.75, 3.05) is 13.7 Å². The fourth-order valence-corrected chi connectivity index (χ4v) is 2.69. The lowest BCUT2D eigenvalue weighted by Gasteiger charge is -2.02. The Kier molecular flexibility index (Phi) is 8.26. The van der Waals surface area contributed by atoms with Crippen molar-refractivity contribution in [1.29, 1.82) is 0 Å². The molecule has 0 atom stereocenters. The topological polar surface area (TPSA) is 59.6 Å². The highest BCUT2D eigenvalue weighted by Gasteiger charge is 2.03. The van der Waals surface area contributed by atoms with Crippen LogP contribution in [-0.2, 0) is 6.54 Å². The zero-order valence-corrected chi connectivity index (χ0v) is 16.0. The third-order valence-electron chi connectivity index (χ3n) is 3.04. The van der Waals surface area contributed by atoms with Crippen LogP contribution in [0.3, 0.4) is 0 Å². The molecule has 6 heteroatoms. The van der Waals surface area contributed by atoms with Gasteiger partial charge < -0.3 is 15.8 Å². The monoisotopic (exact) mass is 431 g/mol. The SMILES string of the molecule is CCCNC(N)=NCc1cc(-c2ccc(OC)cc2)cs1.I. The Bertz CT molecular complexity index is 596. The maximum absolute atomic E-state index is 5.79. The average Bonchev–Trinajstić information content (AvgIpc) is 3.00. The van der Waals surface area contributed by atoms with Crippen LogP contribution in [0.1, 0.15) is 18.2 Å². The maximum Gasteiger partial charge on any atom is 0.188 e. The van der Waals surface area contributed by atoms with Gasteiger partial charge in [0, 0.05) is 11.4 Å². The molecule has 4 nitrogen and oxygen atoms in total. The van der Waals surface area contributed by atoms with Gasteiger partial charge in [0.1, 0.15) is 5.75 Å². The van der Waals surface area contributed by atoms with Crippen molar-refractivity contribution >= 4 is 41.3 Å². The quantitative estimate of drug-likeness (QED) is 0.415. The molecule has 1 aromatic carbocycles. The van der Waals surface area contributed by atoms with E-state index in [4.69, 9.17) is 10.5 Å². The van der Waals surface area contributed by atoms with Crippen molar-refractivity contribution in [2.24, 2.45) is 10.7 Å². The predicted molar refractivity (Wildman–Crippen MR) is 105 cm³/mol. The summed E-state index contributed by atoms with van der Waals surface area (Å²) in [5, 5.41) is 5.21. The fraction of sp³-hybridized carbons (Fsp3) is 0.312. The molecule has 22 heavy (non-hydrogen) atoms. The minimum absolute atomic E-state index is 0. The number of nitrogens with zero attached hydrogens (tertiary/aromatic N) is 1. The number of halogens is 1. The summed E-state index contributed by atoms with van der Waals surface area (Å²) in [5.41, 5.74) is 8.17. The van der Waals surface area contributed by atoms with E-state index in [-0.39, 0.29) is 24.0 Å². The highest BCUT2D eigenvalue weighted by Crippen LogP contribution is 2.27. The molecular weight excluding hydrogens is 409 g/mol. The molecule has 1 heterocycles. The van der Waals surface area contributed by atoms with Crippen LogP contribution in [0.2, 0.25) is 0 Å². The van der Waals surface area contributed by atoms with Crippen LogP contribution >= 0.6 is 35.3 Å². The van der Waals surface area contributed by atoms with Gasteiger partial charge >= 0.3 is 0 Å². The van der Waals surface area contributed by atoms with Crippen LogP contribution < -0.4 is 15.8 Å². The van der Waals surface area contributed by atoms with Crippen molar-refractivity contribution in [3.8, 4) is 16.9 Å². The Hall–Kier alpha value is -1.28. The summed E-state index contributed by atoms with van der Waals surface area (Å²) < 4.78 is 5.17. The Balaban J connectivity index is 0.00000242. The van der Waals surface area contributed by atoms with E-state index < -0.39 is 0 Å². The molecule has 0 bridgehead atoms. The van der Waals surface area contributed by atoms with Crippen molar-refractivity contribution < 1.29 is 4.74 Å². The molecule has 120 valence electrons. The molecule has 2 aromatic rings. The summed E-state index contributed by atoms with van der Waals surface area (Å²) in [6, 6.07) is 10.2. The second-order valence-corrected chi connectivity index (χ2v) is 5.65. The number of ether oxygens (including phenoxy) is 1. The number of benzene rings is 1. The minimum atomic E-state index is 0. The molecule has 0 aliphatic carbocycles. The first-order valence-corrected chi connectivity index (χ1v) is 7.86. The summed E-state index contributed by atoms with van der Waals surface area (Å²) in [7, 11) is 1.67. The Morgan fingerprint density at radius 2 is 2.00 bits per heavy atom. The number of hydrogen-bond acceptors (Lipinski definition) is 3. The molecule has 0 spiro atoms. The van der Waals surface area contributed by atoms with E-state index in [1.807, 2.05) is 12.1 Å².